The molecule has 3 N–H and O–H groups in total. The number of nitrogens with one attached hydrogen (secondary N) is 3. The van der Waals surface area contributed by atoms with Gasteiger partial charge >= 0.3 is 6.03 Å². The van der Waals surface area contributed by atoms with Gasteiger partial charge < -0.3 is 16.0 Å². The van der Waals surface area contributed by atoms with Crippen LogP contribution in [0.5, 0.6) is 0 Å². The minimum atomic E-state index is -0.214. The number of aryl methyl sites for hydroxylation is 2. The molecule has 3 rings (SSSR count). The van der Waals surface area contributed by atoms with E-state index in [1.54, 1.807) is 0 Å². The third-order valence-corrected chi connectivity index (χ3v) is 4.86. The maximum absolute atomic E-state index is 12.4. The molecule has 0 aliphatic heterocycles. The molecule has 3 amide bonds. The van der Waals surface area contributed by atoms with Gasteiger partial charge in [0, 0.05) is 25.2 Å². The van der Waals surface area contributed by atoms with E-state index in [1.165, 1.54) is 5.56 Å². The number of rotatable bonds is 7. The van der Waals surface area contributed by atoms with Crippen LogP contribution in [-0.4, -0.2) is 11.9 Å². The molecule has 0 aliphatic rings. The highest BCUT2D eigenvalue weighted by Crippen LogP contribution is 2.09. The zero-order valence-electron chi connectivity index (χ0n) is 17.4. The first kappa shape index (κ1) is 21.1. The van der Waals surface area contributed by atoms with Crippen LogP contribution < -0.4 is 16.0 Å². The van der Waals surface area contributed by atoms with Crippen LogP contribution >= 0.6 is 0 Å². The van der Waals surface area contributed by atoms with Gasteiger partial charge in [0.05, 0.1) is 0 Å². The maximum Gasteiger partial charge on any atom is 0.315 e. The van der Waals surface area contributed by atoms with Crippen molar-refractivity contribution in [1.29, 1.82) is 0 Å². The van der Waals surface area contributed by atoms with Crippen LogP contribution in [0.2, 0.25) is 0 Å². The highest BCUT2D eigenvalue weighted by Gasteiger charge is 2.08. The molecular weight excluding hydrogens is 374 g/mol. The normalized spacial score (nSPS) is 10.3. The summed E-state index contributed by atoms with van der Waals surface area (Å²) in [6, 6.07) is 23.2. The summed E-state index contributed by atoms with van der Waals surface area (Å²) in [5, 5.41) is 8.68. The van der Waals surface area contributed by atoms with Gasteiger partial charge in [-0.3, -0.25) is 4.79 Å². The molecule has 0 bridgehead atoms. The Labute approximate surface area is 177 Å². The van der Waals surface area contributed by atoms with Crippen LogP contribution in [0.4, 0.5) is 4.79 Å². The van der Waals surface area contributed by atoms with Gasteiger partial charge in [0.2, 0.25) is 0 Å². The van der Waals surface area contributed by atoms with Crippen molar-refractivity contribution in [3.05, 3.63) is 106 Å². The van der Waals surface area contributed by atoms with E-state index in [9.17, 15) is 9.59 Å². The number of urea groups is 1. The molecule has 0 radical (unpaired) electrons. The summed E-state index contributed by atoms with van der Waals surface area (Å²) < 4.78 is 0. The van der Waals surface area contributed by atoms with Crippen molar-refractivity contribution in [1.82, 2.24) is 16.0 Å². The molecule has 0 aromatic heterocycles. The Bertz CT molecular complexity index is 1010. The van der Waals surface area contributed by atoms with Crippen molar-refractivity contribution in [2.75, 3.05) is 0 Å². The van der Waals surface area contributed by atoms with Crippen LogP contribution in [-0.2, 0) is 19.6 Å². The molecule has 5 nitrogen and oxygen atoms in total. The number of hydrogen-bond donors (Lipinski definition) is 3. The molecule has 5 heteroatoms. The average molecular weight is 402 g/mol. The second-order valence-electron chi connectivity index (χ2n) is 7.34. The largest absolute Gasteiger partial charge is 0.348 e. The molecule has 0 atom stereocenters. The monoisotopic (exact) mass is 401 g/mol. The number of amides is 3. The third kappa shape index (κ3) is 6.21. The van der Waals surface area contributed by atoms with Crippen molar-refractivity contribution in [2.24, 2.45) is 0 Å². The predicted molar refractivity (Wildman–Crippen MR) is 119 cm³/mol. The zero-order chi connectivity index (χ0) is 21.3. The topological polar surface area (TPSA) is 70.2 Å². The van der Waals surface area contributed by atoms with Crippen LogP contribution in [0.15, 0.2) is 72.8 Å². The Morgan fingerprint density at radius 2 is 1.27 bits per heavy atom. The quantitative estimate of drug-likeness (QED) is 0.554. The Hall–Kier alpha value is -3.60. The Morgan fingerprint density at radius 3 is 1.93 bits per heavy atom. The molecule has 0 aliphatic carbocycles. The summed E-state index contributed by atoms with van der Waals surface area (Å²) in [4.78, 5) is 24.4. The lowest BCUT2D eigenvalue weighted by atomic mass is 10.1. The maximum atomic E-state index is 12.4. The minimum Gasteiger partial charge on any atom is -0.348 e. The van der Waals surface area contributed by atoms with E-state index in [0.29, 0.717) is 25.2 Å². The zero-order valence-corrected chi connectivity index (χ0v) is 17.4. The molecule has 3 aromatic rings. The van der Waals surface area contributed by atoms with Crippen LogP contribution in [0.1, 0.15) is 38.2 Å². The molecule has 3 aromatic carbocycles. The van der Waals surface area contributed by atoms with Gasteiger partial charge in [0.15, 0.2) is 0 Å². The van der Waals surface area contributed by atoms with E-state index >= 15 is 0 Å². The number of hydrogen-bond acceptors (Lipinski definition) is 2. The van der Waals surface area contributed by atoms with Crippen LogP contribution in [0.25, 0.3) is 0 Å². The van der Waals surface area contributed by atoms with Crippen molar-refractivity contribution in [3.8, 4) is 0 Å². The summed E-state index contributed by atoms with van der Waals surface area (Å²) in [7, 11) is 0. The lowest BCUT2D eigenvalue weighted by molar-refractivity contribution is 0.0950. The average Bonchev–Trinajstić information content (AvgIpc) is 2.76. The molecular formula is C25H27N3O2. The molecule has 0 saturated heterocycles. The fraction of sp³-hybridized carbons (Fsp3) is 0.200. The Balaban J connectivity index is 1.46. The second kappa shape index (κ2) is 10.3. The highest BCUT2D eigenvalue weighted by atomic mass is 16.2. The number of carbonyl (C=O) groups excluding carboxylic acids is 2. The summed E-state index contributed by atoms with van der Waals surface area (Å²) in [5.74, 6) is -0.0906. The van der Waals surface area contributed by atoms with Crippen LogP contribution in [0.3, 0.4) is 0 Å². The smallest absolute Gasteiger partial charge is 0.315 e. The number of benzene rings is 3. The van der Waals surface area contributed by atoms with Crippen molar-refractivity contribution < 1.29 is 9.59 Å². The SMILES string of the molecule is Cc1ccc(CNC(=O)NCc2cccc(CNC(=O)c3ccccc3C)c2)cc1. The number of carbonyl (C=O) groups is 2. The molecule has 0 spiro atoms. The predicted octanol–water partition coefficient (Wildman–Crippen LogP) is 4.23. The van der Waals surface area contributed by atoms with Gasteiger partial charge in [-0.1, -0.05) is 72.3 Å². The fourth-order valence-corrected chi connectivity index (χ4v) is 3.09. The van der Waals surface area contributed by atoms with E-state index in [-0.39, 0.29) is 11.9 Å². The van der Waals surface area contributed by atoms with Gasteiger partial charge in [-0.25, -0.2) is 4.79 Å². The Morgan fingerprint density at radius 1 is 0.667 bits per heavy atom. The van der Waals surface area contributed by atoms with Crippen molar-refractivity contribution in [3.63, 3.8) is 0 Å². The first-order valence-electron chi connectivity index (χ1n) is 10.00. The van der Waals surface area contributed by atoms with Crippen molar-refractivity contribution >= 4 is 11.9 Å². The van der Waals surface area contributed by atoms with E-state index in [2.05, 4.69) is 16.0 Å². The first-order chi connectivity index (χ1) is 14.5. The fourth-order valence-electron chi connectivity index (χ4n) is 3.09. The molecule has 30 heavy (non-hydrogen) atoms. The molecule has 154 valence electrons. The van der Waals surface area contributed by atoms with Gasteiger partial charge in [-0.05, 0) is 42.2 Å². The molecule has 0 heterocycles. The summed E-state index contributed by atoms with van der Waals surface area (Å²) >= 11 is 0. The van der Waals surface area contributed by atoms with E-state index in [0.717, 1.165) is 22.3 Å². The Kier molecular flexibility index (Phi) is 7.22. The lowest BCUT2D eigenvalue weighted by Gasteiger charge is -2.10. The summed E-state index contributed by atoms with van der Waals surface area (Å²) in [5.41, 5.74) is 5.84. The standard InChI is InChI=1S/C25H27N3O2/c1-18-10-12-20(13-11-18)15-27-25(30)28-17-22-8-5-7-21(14-22)16-26-24(29)23-9-4-3-6-19(23)2/h3-14H,15-17H2,1-2H3,(H,26,29)(H2,27,28,30). The van der Waals surface area contributed by atoms with Gasteiger partial charge in [0.25, 0.3) is 5.91 Å². The minimum absolute atomic E-state index is 0.0906. The van der Waals surface area contributed by atoms with E-state index in [1.807, 2.05) is 86.6 Å². The van der Waals surface area contributed by atoms with Crippen molar-refractivity contribution in [2.45, 2.75) is 33.5 Å². The van der Waals surface area contributed by atoms with Gasteiger partial charge in [0.1, 0.15) is 0 Å². The summed E-state index contributed by atoms with van der Waals surface area (Å²) in [6.07, 6.45) is 0. The third-order valence-electron chi connectivity index (χ3n) is 4.86. The van der Waals surface area contributed by atoms with Gasteiger partial charge in [-0.15, -0.1) is 0 Å². The van der Waals surface area contributed by atoms with E-state index in [4.69, 9.17) is 0 Å². The summed E-state index contributed by atoms with van der Waals surface area (Å²) in [6.45, 7) is 5.29. The molecule has 0 saturated carbocycles. The lowest BCUT2D eigenvalue weighted by Crippen LogP contribution is -2.34. The molecule has 0 fully saturated rings. The first-order valence-corrected chi connectivity index (χ1v) is 10.00. The molecule has 0 unspecified atom stereocenters. The van der Waals surface area contributed by atoms with Gasteiger partial charge in [-0.2, -0.15) is 0 Å². The second-order valence-corrected chi connectivity index (χ2v) is 7.34. The van der Waals surface area contributed by atoms with E-state index < -0.39 is 0 Å². The highest BCUT2D eigenvalue weighted by molar-refractivity contribution is 5.95. The van der Waals surface area contributed by atoms with Crippen LogP contribution in [0, 0.1) is 13.8 Å².